The molecule has 3 heterocycles. The van der Waals surface area contributed by atoms with Gasteiger partial charge in [-0.25, -0.2) is 18.7 Å². The lowest BCUT2D eigenvalue weighted by molar-refractivity contribution is 0.0752. The van der Waals surface area contributed by atoms with Crippen LogP contribution in [0.5, 0.6) is 0 Å². The van der Waals surface area contributed by atoms with Gasteiger partial charge in [-0.05, 0) is 65.9 Å². The second-order valence-corrected chi connectivity index (χ2v) is 10.2. The molecule has 8 heteroatoms. The van der Waals surface area contributed by atoms with Crippen LogP contribution in [0.25, 0.3) is 16.6 Å². The Morgan fingerprint density at radius 3 is 2.57 bits per heavy atom. The fraction of sp³-hybridized carbons (Fsp3) is 0.241. The lowest BCUT2D eigenvalue weighted by Crippen LogP contribution is -2.36. The fourth-order valence-electron chi connectivity index (χ4n) is 6.52. The lowest BCUT2D eigenvalue weighted by Gasteiger charge is -2.25. The summed E-state index contributed by atoms with van der Waals surface area (Å²) >= 11 is 0. The van der Waals surface area contributed by atoms with Gasteiger partial charge >= 0.3 is 0 Å². The lowest BCUT2D eigenvalue weighted by atomic mass is 9.86. The second kappa shape index (κ2) is 7.83. The van der Waals surface area contributed by atoms with E-state index >= 15 is 0 Å². The summed E-state index contributed by atoms with van der Waals surface area (Å²) in [5.41, 5.74) is 5.33. The molecular weight excluding hydrogens is 467 g/mol. The van der Waals surface area contributed by atoms with Crippen molar-refractivity contribution in [2.24, 2.45) is 13.0 Å². The van der Waals surface area contributed by atoms with Crippen molar-refractivity contribution in [1.29, 1.82) is 0 Å². The molecule has 37 heavy (non-hydrogen) atoms. The van der Waals surface area contributed by atoms with E-state index in [9.17, 15) is 9.18 Å². The highest BCUT2D eigenvalue weighted by Crippen LogP contribution is 2.69. The van der Waals surface area contributed by atoms with E-state index in [2.05, 4.69) is 58.5 Å². The molecular formula is C29H25FN6O. The first-order valence-corrected chi connectivity index (χ1v) is 12.4. The van der Waals surface area contributed by atoms with Crippen LogP contribution in [0.1, 0.15) is 33.2 Å². The predicted octanol–water partition coefficient (Wildman–Crippen LogP) is 4.41. The van der Waals surface area contributed by atoms with Crippen LogP contribution in [-0.4, -0.2) is 48.4 Å². The number of amides is 1. The number of rotatable bonds is 4. The molecule has 0 unspecified atom stereocenters. The summed E-state index contributed by atoms with van der Waals surface area (Å²) in [7, 11) is 1.75. The normalized spacial score (nSPS) is 22.4. The smallest absolute Gasteiger partial charge is 0.291 e. The van der Waals surface area contributed by atoms with E-state index in [-0.39, 0.29) is 17.1 Å². The molecule has 1 amide bonds. The summed E-state index contributed by atoms with van der Waals surface area (Å²) in [5.74, 6) is 0.656. The molecule has 0 spiro atoms. The molecule has 3 atom stereocenters. The van der Waals surface area contributed by atoms with Gasteiger partial charge in [0.05, 0.1) is 17.4 Å². The molecule has 3 aromatic carbocycles. The first kappa shape index (κ1) is 21.9. The molecule has 0 radical (unpaired) electrons. The molecule has 7 nitrogen and oxygen atoms in total. The Balaban J connectivity index is 1.31. The molecule has 2 aliphatic rings. The summed E-state index contributed by atoms with van der Waals surface area (Å²) in [6.45, 7) is 3.44. The SMILES string of the molecule is Cc1cc2c(cnn2-c2ccc(F)cc2)cc1[C@@]12CN(C(=O)c3ncnn3C)C[C@@H]1[C@H]2c1ccccc1. The van der Waals surface area contributed by atoms with Crippen molar-refractivity contribution in [2.45, 2.75) is 18.3 Å². The molecule has 2 fully saturated rings. The van der Waals surface area contributed by atoms with E-state index in [4.69, 9.17) is 0 Å². The van der Waals surface area contributed by atoms with E-state index in [1.165, 1.54) is 34.3 Å². The summed E-state index contributed by atoms with van der Waals surface area (Å²) in [6.07, 6.45) is 3.29. The molecule has 1 saturated heterocycles. The largest absolute Gasteiger partial charge is 0.335 e. The zero-order valence-corrected chi connectivity index (χ0v) is 20.5. The van der Waals surface area contributed by atoms with Crippen LogP contribution < -0.4 is 0 Å². The third-order valence-electron chi connectivity index (χ3n) is 8.21. The van der Waals surface area contributed by atoms with Gasteiger partial charge in [0.25, 0.3) is 5.91 Å². The maximum atomic E-state index is 13.5. The summed E-state index contributed by atoms with van der Waals surface area (Å²) in [5, 5.41) is 9.72. The van der Waals surface area contributed by atoms with Gasteiger partial charge in [-0.15, -0.1) is 0 Å². The van der Waals surface area contributed by atoms with Crippen molar-refractivity contribution < 1.29 is 9.18 Å². The number of aromatic nitrogens is 5. The maximum absolute atomic E-state index is 13.5. The Hall–Kier alpha value is -4.33. The molecule has 5 aromatic rings. The van der Waals surface area contributed by atoms with Crippen molar-refractivity contribution in [3.63, 3.8) is 0 Å². The minimum atomic E-state index is -0.272. The fourth-order valence-corrected chi connectivity index (χ4v) is 6.52. The Bertz CT molecular complexity index is 1660. The van der Waals surface area contributed by atoms with Gasteiger partial charge in [0.2, 0.25) is 5.82 Å². The number of fused-ring (bicyclic) bond motifs is 2. The second-order valence-electron chi connectivity index (χ2n) is 10.2. The number of likely N-dealkylation sites (tertiary alicyclic amines) is 1. The number of carbonyl (C=O) groups is 1. The number of nitrogens with zero attached hydrogens (tertiary/aromatic N) is 6. The molecule has 2 aromatic heterocycles. The Kier molecular flexibility index (Phi) is 4.64. The standard InChI is InChI=1S/C29H25FN6O/c1-18-12-25-20(14-32-36(25)22-10-8-21(30)9-11-22)13-23(18)29-16-35(28(37)27-31-17-33-34(27)2)15-24(29)26(29)19-6-4-3-5-7-19/h3-14,17,24,26H,15-16H2,1-2H3/t24-,26-,29+/m1/s1. The molecule has 1 aliphatic carbocycles. The zero-order chi connectivity index (χ0) is 25.3. The van der Waals surface area contributed by atoms with Gasteiger partial charge in [0.1, 0.15) is 12.1 Å². The highest BCUT2D eigenvalue weighted by atomic mass is 19.1. The van der Waals surface area contributed by atoms with Gasteiger partial charge in [-0.3, -0.25) is 4.79 Å². The molecule has 0 N–H and O–H groups in total. The Labute approximate surface area is 213 Å². The van der Waals surface area contributed by atoms with Crippen LogP contribution in [-0.2, 0) is 12.5 Å². The third kappa shape index (κ3) is 3.18. The third-order valence-corrected chi connectivity index (χ3v) is 8.21. The minimum Gasteiger partial charge on any atom is -0.335 e. The number of aryl methyl sites for hydroxylation is 2. The molecule has 7 rings (SSSR count). The number of hydrogen-bond donors (Lipinski definition) is 0. The summed E-state index contributed by atoms with van der Waals surface area (Å²) in [6, 6.07) is 21.4. The van der Waals surface area contributed by atoms with Crippen LogP contribution >= 0.6 is 0 Å². The van der Waals surface area contributed by atoms with E-state index in [1.54, 1.807) is 19.2 Å². The Morgan fingerprint density at radius 2 is 1.84 bits per heavy atom. The van der Waals surface area contributed by atoms with E-state index in [0.29, 0.717) is 30.7 Å². The maximum Gasteiger partial charge on any atom is 0.291 e. The zero-order valence-electron chi connectivity index (χ0n) is 20.5. The van der Waals surface area contributed by atoms with Gasteiger partial charge in [-0.2, -0.15) is 10.2 Å². The highest BCUT2D eigenvalue weighted by Gasteiger charge is 2.71. The average molecular weight is 493 g/mol. The van der Waals surface area contributed by atoms with Crippen LogP contribution in [0.3, 0.4) is 0 Å². The minimum absolute atomic E-state index is 0.0822. The number of halogens is 1. The van der Waals surface area contributed by atoms with Crippen molar-refractivity contribution in [3.05, 3.63) is 108 Å². The number of hydrogen-bond acceptors (Lipinski definition) is 4. The topological polar surface area (TPSA) is 68.8 Å². The summed E-state index contributed by atoms with van der Waals surface area (Å²) in [4.78, 5) is 19.5. The highest BCUT2D eigenvalue weighted by molar-refractivity contribution is 5.91. The monoisotopic (exact) mass is 492 g/mol. The van der Waals surface area contributed by atoms with Crippen LogP contribution in [0, 0.1) is 18.7 Å². The number of piperidine rings is 1. The van der Waals surface area contributed by atoms with Gasteiger partial charge in [-0.1, -0.05) is 30.3 Å². The Morgan fingerprint density at radius 1 is 1.05 bits per heavy atom. The van der Waals surface area contributed by atoms with Crippen LogP contribution in [0.15, 0.2) is 79.3 Å². The van der Waals surface area contributed by atoms with Gasteiger partial charge in [0.15, 0.2) is 0 Å². The van der Waals surface area contributed by atoms with Crippen molar-refractivity contribution >= 4 is 16.8 Å². The van der Waals surface area contributed by atoms with E-state index < -0.39 is 0 Å². The van der Waals surface area contributed by atoms with Gasteiger partial charge in [0, 0.05) is 36.9 Å². The summed E-state index contributed by atoms with van der Waals surface area (Å²) < 4.78 is 16.9. The average Bonchev–Trinajstić information content (AvgIpc) is 3.32. The van der Waals surface area contributed by atoms with E-state index in [0.717, 1.165) is 22.2 Å². The van der Waals surface area contributed by atoms with Crippen molar-refractivity contribution in [1.82, 2.24) is 29.4 Å². The van der Waals surface area contributed by atoms with Crippen LogP contribution in [0.2, 0.25) is 0 Å². The molecule has 1 saturated carbocycles. The quantitative estimate of drug-likeness (QED) is 0.373. The van der Waals surface area contributed by atoms with E-state index in [1.807, 2.05) is 21.8 Å². The van der Waals surface area contributed by atoms with Crippen molar-refractivity contribution in [3.8, 4) is 5.69 Å². The predicted molar refractivity (Wildman–Crippen MR) is 137 cm³/mol. The van der Waals surface area contributed by atoms with Gasteiger partial charge < -0.3 is 4.90 Å². The molecule has 184 valence electrons. The van der Waals surface area contributed by atoms with Crippen LogP contribution in [0.4, 0.5) is 4.39 Å². The number of benzene rings is 3. The number of carbonyl (C=O) groups excluding carboxylic acids is 1. The molecule has 0 bridgehead atoms. The molecule has 1 aliphatic heterocycles. The van der Waals surface area contributed by atoms with Crippen molar-refractivity contribution in [2.75, 3.05) is 13.1 Å². The first-order chi connectivity index (χ1) is 18.0. The first-order valence-electron chi connectivity index (χ1n) is 12.4.